The molecule has 25 heavy (non-hydrogen) atoms. The Hall–Kier alpha value is -2.50. The lowest BCUT2D eigenvalue weighted by Crippen LogP contribution is -2.22. The Kier molecular flexibility index (Phi) is 3.90. The number of halogens is 1. The third-order valence-electron chi connectivity index (χ3n) is 4.66. The quantitative estimate of drug-likeness (QED) is 0.771. The molecule has 130 valence electrons. The third kappa shape index (κ3) is 2.86. The highest BCUT2D eigenvalue weighted by Gasteiger charge is 2.25. The first-order chi connectivity index (χ1) is 12.0. The number of nitrogens with one attached hydrogen (secondary N) is 1. The number of rotatable bonds is 3. The van der Waals surface area contributed by atoms with E-state index < -0.39 is 0 Å². The predicted octanol–water partition coefficient (Wildman–Crippen LogP) is 4.34. The summed E-state index contributed by atoms with van der Waals surface area (Å²) in [5, 5.41) is 9.00. The number of aryl methyl sites for hydroxylation is 2. The van der Waals surface area contributed by atoms with Crippen LogP contribution >= 0.6 is 0 Å². The Morgan fingerprint density at radius 3 is 2.92 bits per heavy atom. The molecule has 1 aliphatic heterocycles. The number of hydrogen-bond acceptors (Lipinski definition) is 4. The highest BCUT2D eigenvalue weighted by atomic mass is 19.1. The summed E-state index contributed by atoms with van der Waals surface area (Å²) < 4.78 is 16.1. The standard InChI is InChI=1S/C19H22FN5/c1-11(2)18-23-19-15(8-5-9-25(19)24-18)22-16-10-12(3)21-17-13(16)6-4-7-14(17)20/h4,6-7,10-11,15H,5,8-9H2,1-3H3,(H,21,22). The van der Waals surface area contributed by atoms with E-state index >= 15 is 0 Å². The van der Waals surface area contributed by atoms with Crippen molar-refractivity contribution in [1.82, 2.24) is 19.7 Å². The summed E-state index contributed by atoms with van der Waals surface area (Å²) >= 11 is 0. The molecule has 0 fully saturated rings. The van der Waals surface area contributed by atoms with Crippen LogP contribution in [0.1, 0.15) is 56.0 Å². The molecule has 0 aliphatic carbocycles. The van der Waals surface area contributed by atoms with Crippen molar-refractivity contribution in [1.29, 1.82) is 0 Å². The van der Waals surface area contributed by atoms with Crippen LogP contribution < -0.4 is 5.32 Å². The molecule has 0 spiro atoms. The second-order valence-electron chi connectivity index (χ2n) is 6.99. The van der Waals surface area contributed by atoms with Gasteiger partial charge >= 0.3 is 0 Å². The number of para-hydroxylation sites is 1. The van der Waals surface area contributed by atoms with Crippen molar-refractivity contribution in [2.45, 2.75) is 52.1 Å². The van der Waals surface area contributed by atoms with E-state index in [1.165, 1.54) is 6.07 Å². The van der Waals surface area contributed by atoms with E-state index in [1.54, 1.807) is 6.07 Å². The largest absolute Gasteiger partial charge is 0.374 e. The number of nitrogens with zero attached hydrogens (tertiary/aromatic N) is 4. The lowest BCUT2D eigenvalue weighted by atomic mass is 10.1. The van der Waals surface area contributed by atoms with Crippen LogP contribution in [0, 0.1) is 12.7 Å². The van der Waals surface area contributed by atoms with Crippen LogP contribution in [-0.4, -0.2) is 19.7 Å². The molecular weight excluding hydrogens is 317 g/mol. The van der Waals surface area contributed by atoms with Crippen molar-refractivity contribution in [2.75, 3.05) is 5.32 Å². The fourth-order valence-corrected chi connectivity index (χ4v) is 3.40. The van der Waals surface area contributed by atoms with Gasteiger partial charge in [0.1, 0.15) is 17.2 Å². The smallest absolute Gasteiger partial charge is 0.153 e. The van der Waals surface area contributed by atoms with E-state index in [4.69, 9.17) is 4.98 Å². The van der Waals surface area contributed by atoms with Crippen molar-refractivity contribution < 1.29 is 4.39 Å². The van der Waals surface area contributed by atoms with Gasteiger partial charge in [0.2, 0.25) is 0 Å². The topological polar surface area (TPSA) is 55.6 Å². The fraction of sp³-hybridized carbons (Fsp3) is 0.421. The molecule has 1 atom stereocenters. The summed E-state index contributed by atoms with van der Waals surface area (Å²) in [5.74, 6) is 1.86. The minimum atomic E-state index is -0.293. The number of pyridine rings is 1. The van der Waals surface area contributed by atoms with E-state index in [9.17, 15) is 4.39 Å². The van der Waals surface area contributed by atoms with Crippen LogP contribution in [0.4, 0.5) is 10.1 Å². The minimum absolute atomic E-state index is 0.0713. The average Bonchev–Trinajstić information content (AvgIpc) is 3.01. The van der Waals surface area contributed by atoms with Gasteiger partial charge in [-0.25, -0.2) is 19.0 Å². The molecule has 1 unspecified atom stereocenters. The van der Waals surface area contributed by atoms with Crippen LogP contribution in [0.15, 0.2) is 24.3 Å². The number of fused-ring (bicyclic) bond motifs is 2. The zero-order valence-corrected chi connectivity index (χ0v) is 14.8. The molecule has 0 saturated heterocycles. The second kappa shape index (κ2) is 6.10. The monoisotopic (exact) mass is 339 g/mol. The third-order valence-corrected chi connectivity index (χ3v) is 4.66. The van der Waals surface area contributed by atoms with Gasteiger partial charge in [-0.2, -0.15) is 5.10 Å². The minimum Gasteiger partial charge on any atom is -0.374 e. The maximum atomic E-state index is 14.1. The van der Waals surface area contributed by atoms with Crippen LogP contribution in [0.25, 0.3) is 10.9 Å². The van der Waals surface area contributed by atoms with Crippen LogP contribution in [-0.2, 0) is 6.54 Å². The lowest BCUT2D eigenvalue weighted by Gasteiger charge is -2.25. The molecule has 1 aromatic carbocycles. The van der Waals surface area contributed by atoms with Crippen LogP contribution in [0.2, 0.25) is 0 Å². The average molecular weight is 339 g/mol. The molecule has 0 bridgehead atoms. The Morgan fingerprint density at radius 1 is 1.28 bits per heavy atom. The Morgan fingerprint density at radius 2 is 2.12 bits per heavy atom. The van der Waals surface area contributed by atoms with Crippen molar-refractivity contribution >= 4 is 16.6 Å². The SMILES string of the molecule is Cc1cc(NC2CCCn3nc(C(C)C)nc32)c2cccc(F)c2n1. The molecule has 0 radical (unpaired) electrons. The van der Waals surface area contributed by atoms with Gasteiger partial charge < -0.3 is 5.32 Å². The first-order valence-electron chi connectivity index (χ1n) is 8.80. The van der Waals surface area contributed by atoms with Gasteiger partial charge in [-0.05, 0) is 31.9 Å². The van der Waals surface area contributed by atoms with E-state index in [1.807, 2.05) is 23.7 Å². The lowest BCUT2D eigenvalue weighted by molar-refractivity contribution is 0.437. The predicted molar refractivity (Wildman–Crippen MR) is 96.1 cm³/mol. The molecule has 1 aliphatic rings. The number of benzene rings is 1. The molecule has 5 nitrogen and oxygen atoms in total. The maximum absolute atomic E-state index is 14.1. The summed E-state index contributed by atoms with van der Waals surface area (Å²) in [4.78, 5) is 9.10. The highest BCUT2D eigenvalue weighted by molar-refractivity contribution is 5.91. The van der Waals surface area contributed by atoms with E-state index in [0.29, 0.717) is 11.4 Å². The zero-order chi connectivity index (χ0) is 17.6. The first-order valence-corrected chi connectivity index (χ1v) is 8.80. The molecule has 6 heteroatoms. The van der Waals surface area contributed by atoms with E-state index in [2.05, 4.69) is 29.2 Å². The van der Waals surface area contributed by atoms with Gasteiger partial charge in [0.05, 0.1) is 6.04 Å². The number of hydrogen-bond donors (Lipinski definition) is 1. The second-order valence-corrected chi connectivity index (χ2v) is 6.99. The molecule has 4 rings (SSSR count). The summed E-state index contributed by atoms with van der Waals surface area (Å²) in [6.07, 6.45) is 2.02. The van der Waals surface area contributed by atoms with Gasteiger partial charge in [0, 0.05) is 29.2 Å². The molecule has 3 aromatic rings. The summed E-state index contributed by atoms with van der Waals surface area (Å²) in [6, 6.07) is 7.12. The van der Waals surface area contributed by atoms with Crippen LogP contribution in [0.3, 0.4) is 0 Å². The highest BCUT2D eigenvalue weighted by Crippen LogP contribution is 2.32. The molecule has 2 aromatic heterocycles. The van der Waals surface area contributed by atoms with Crippen LogP contribution in [0.5, 0.6) is 0 Å². The Labute approximate surface area is 146 Å². The maximum Gasteiger partial charge on any atom is 0.153 e. The van der Waals surface area contributed by atoms with Crippen molar-refractivity contribution in [3.05, 3.63) is 47.4 Å². The summed E-state index contributed by atoms with van der Waals surface area (Å²) in [7, 11) is 0. The zero-order valence-electron chi connectivity index (χ0n) is 14.8. The summed E-state index contributed by atoms with van der Waals surface area (Å²) in [5.41, 5.74) is 2.10. The van der Waals surface area contributed by atoms with E-state index in [-0.39, 0.29) is 11.9 Å². The van der Waals surface area contributed by atoms with Gasteiger partial charge in [-0.1, -0.05) is 26.0 Å². The number of anilines is 1. The number of aromatic nitrogens is 4. The van der Waals surface area contributed by atoms with Crippen molar-refractivity contribution in [3.63, 3.8) is 0 Å². The molecule has 3 heterocycles. The molecule has 0 saturated carbocycles. The van der Waals surface area contributed by atoms with E-state index in [0.717, 1.165) is 47.8 Å². The van der Waals surface area contributed by atoms with Gasteiger partial charge in [-0.3, -0.25) is 0 Å². The Balaban J connectivity index is 1.75. The van der Waals surface area contributed by atoms with Crippen molar-refractivity contribution in [2.24, 2.45) is 0 Å². The molecular formula is C19H22FN5. The normalized spacial score (nSPS) is 17.1. The fourth-order valence-electron chi connectivity index (χ4n) is 3.40. The van der Waals surface area contributed by atoms with Gasteiger partial charge in [0.25, 0.3) is 0 Å². The van der Waals surface area contributed by atoms with Crippen molar-refractivity contribution in [3.8, 4) is 0 Å². The van der Waals surface area contributed by atoms with Gasteiger partial charge in [-0.15, -0.1) is 0 Å². The molecule has 1 N–H and O–H groups in total. The first kappa shape index (κ1) is 16.0. The molecule has 0 amide bonds. The summed E-state index contributed by atoms with van der Waals surface area (Å²) in [6.45, 7) is 6.99. The Bertz CT molecular complexity index is 931. The van der Waals surface area contributed by atoms with Gasteiger partial charge in [0.15, 0.2) is 5.82 Å².